The largest absolute Gasteiger partial charge is 0.493 e. The average molecular weight is 737 g/mol. The monoisotopic (exact) mass is 737 g/mol. The predicted octanol–water partition coefficient (Wildman–Crippen LogP) is 9.85. The molecule has 7 heteroatoms. The molecule has 3 aliphatic rings. The summed E-state index contributed by atoms with van der Waals surface area (Å²) in [5.74, 6) is 5.14. The molecule has 3 saturated carbocycles. The molecule has 0 spiro atoms. The van der Waals surface area contributed by atoms with Crippen molar-refractivity contribution in [1.29, 1.82) is 0 Å². The van der Waals surface area contributed by atoms with Gasteiger partial charge < -0.3 is 24.4 Å². The molecule has 53 heavy (non-hydrogen) atoms. The SMILES string of the molecule is C=C(C)C(=O)OCCCc1cc(C2CCC(C3CCC(C4CCC(C)CC4)CC3)CC2)cc(CCCOC(=O)C(=C)C)c1OCCC(CC)(CO)CO. The quantitative estimate of drug-likeness (QED) is 0.0781. The summed E-state index contributed by atoms with van der Waals surface area (Å²) in [5.41, 5.74) is 3.72. The fraction of sp³-hybridized carbons (Fsp3) is 0.739. The Morgan fingerprint density at radius 1 is 0.698 bits per heavy atom. The lowest BCUT2D eigenvalue weighted by atomic mass is 9.64. The molecule has 0 unspecified atom stereocenters. The summed E-state index contributed by atoms with van der Waals surface area (Å²) >= 11 is 0. The van der Waals surface area contributed by atoms with Gasteiger partial charge in [0.2, 0.25) is 0 Å². The van der Waals surface area contributed by atoms with Gasteiger partial charge in [-0.1, -0.05) is 52.0 Å². The van der Waals surface area contributed by atoms with Gasteiger partial charge >= 0.3 is 11.9 Å². The summed E-state index contributed by atoms with van der Waals surface area (Å²) in [5, 5.41) is 20.2. The molecule has 0 heterocycles. The second kappa shape index (κ2) is 21.5. The van der Waals surface area contributed by atoms with E-state index in [1.807, 2.05) is 6.92 Å². The lowest BCUT2D eigenvalue weighted by molar-refractivity contribution is -0.139. The van der Waals surface area contributed by atoms with Crippen LogP contribution >= 0.6 is 0 Å². The standard InChI is InChI=1S/C46H72O7/c1-7-46(30-47,31-48)24-27-51-43-40(10-8-25-52-44(49)32(2)3)28-42(29-41(43)11-9-26-53-45(50)33(4)5)39-22-20-38(21-23-39)37-18-16-36(17-19-37)35-14-12-34(6)13-15-35/h28-29,34-39,47-48H,2,4,7-27,30-31H2,1,3,5-6H3. The van der Waals surface area contributed by atoms with E-state index < -0.39 is 5.41 Å². The highest BCUT2D eigenvalue weighted by Crippen LogP contribution is 2.48. The summed E-state index contributed by atoms with van der Waals surface area (Å²) in [6, 6.07) is 4.65. The molecule has 3 fully saturated rings. The molecule has 0 aliphatic heterocycles. The van der Waals surface area contributed by atoms with Gasteiger partial charge in [-0.3, -0.25) is 0 Å². The molecule has 0 saturated heterocycles. The first-order valence-electron chi connectivity index (χ1n) is 21.1. The summed E-state index contributed by atoms with van der Waals surface area (Å²) in [6.07, 6.45) is 20.3. The van der Waals surface area contributed by atoms with Gasteiger partial charge in [-0.25, -0.2) is 9.59 Å². The second-order valence-electron chi connectivity index (χ2n) is 17.3. The number of ether oxygens (including phenoxy) is 3. The highest BCUT2D eigenvalue weighted by Gasteiger charge is 2.35. The minimum atomic E-state index is -0.597. The minimum absolute atomic E-state index is 0.103. The molecule has 0 atom stereocenters. The van der Waals surface area contributed by atoms with Crippen molar-refractivity contribution in [3.05, 3.63) is 53.1 Å². The van der Waals surface area contributed by atoms with E-state index in [9.17, 15) is 19.8 Å². The minimum Gasteiger partial charge on any atom is -0.493 e. The number of esters is 2. The Balaban J connectivity index is 1.48. The molecule has 7 nitrogen and oxygen atoms in total. The van der Waals surface area contributed by atoms with Crippen molar-refractivity contribution in [2.75, 3.05) is 33.0 Å². The average Bonchev–Trinajstić information content (AvgIpc) is 3.17. The first kappa shape index (κ1) is 43.1. The number of rotatable bonds is 20. The Labute approximate surface area is 321 Å². The highest BCUT2D eigenvalue weighted by atomic mass is 16.5. The summed E-state index contributed by atoms with van der Waals surface area (Å²) < 4.78 is 17.5. The number of aryl methyl sites for hydroxylation is 2. The van der Waals surface area contributed by atoms with Gasteiger partial charge in [0.15, 0.2) is 0 Å². The van der Waals surface area contributed by atoms with E-state index in [-0.39, 0.29) is 25.2 Å². The zero-order valence-electron chi connectivity index (χ0n) is 33.7. The van der Waals surface area contributed by atoms with Crippen molar-refractivity contribution in [2.24, 2.45) is 35.0 Å². The van der Waals surface area contributed by atoms with Gasteiger partial charge in [-0.2, -0.15) is 0 Å². The van der Waals surface area contributed by atoms with Crippen LogP contribution in [0, 0.1) is 35.0 Å². The lowest BCUT2D eigenvalue weighted by Gasteiger charge is -2.41. The fourth-order valence-electron chi connectivity index (χ4n) is 9.42. The van der Waals surface area contributed by atoms with Gasteiger partial charge in [0.05, 0.1) is 33.0 Å². The van der Waals surface area contributed by atoms with Gasteiger partial charge in [0, 0.05) is 16.6 Å². The van der Waals surface area contributed by atoms with Crippen LogP contribution in [-0.4, -0.2) is 55.2 Å². The smallest absolute Gasteiger partial charge is 0.333 e. The summed E-state index contributed by atoms with van der Waals surface area (Å²) in [6.45, 7) is 15.9. The number of aliphatic hydroxyl groups is 2. The van der Waals surface area contributed by atoms with E-state index in [1.165, 1.54) is 82.6 Å². The molecule has 0 radical (unpaired) electrons. The van der Waals surface area contributed by atoms with Crippen molar-refractivity contribution < 1.29 is 34.0 Å². The Morgan fingerprint density at radius 3 is 1.51 bits per heavy atom. The molecule has 0 aromatic heterocycles. The first-order valence-corrected chi connectivity index (χ1v) is 21.1. The third kappa shape index (κ3) is 12.7. The van der Waals surface area contributed by atoms with Crippen LogP contribution in [0.15, 0.2) is 36.4 Å². The van der Waals surface area contributed by atoms with E-state index in [0.29, 0.717) is 75.4 Å². The molecule has 3 aliphatic carbocycles. The van der Waals surface area contributed by atoms with Gasteiger partial charge in [-0.15, -0.1) is 0 Å². The fourth-order valence-corrected chi connectivity index (χ4v) is 9.42. The van der Waals surface area contributed by atoms with Crippen molar-refractivity contribution in [2.45, 2.75) is 149 Å². The third-order valence-electron chi connectivity index (χ3n) is 13.4. The van der Waals surface area contributed by atoms with Crippen LogP contribution in [-0.2, 0) is 31.9 Å². The van der Waals surface area contributed by atoms with E-state index in [0.717, 1.165) is 46.5 Å². The number of carbonyl (C=O) groups is 2. The van der Waals surface area contributed by atoms with Crippen molar-refractivity contribution in [1.82, 2.24) is 0 Å². The predicted molar refractivity (Wildman–Crippen MR) is 213 cm³/mol. The van der Waals surface area contributed by atoms with Gasteiger partial charge in [-0.05, 0) is 169 Å². The van der Waals surface area contributed by atoms with Crippen LogP contribution < -0.4 is 4.74 Å². The van der Waals surface area contributed by atoms with Crippen molar-refractivity contribution >= 4 is 11.9 Å². The van der Waals surface area contributed by atoms with Crippen LogP contribution in [0.1, 0.15) is 153 Å². The van der Waals surface area contributed by atoms with E-state index in [4.69, 9.17) is 14.2 Å². The lowest BCUT2D eigenvalue weighted by Crippen LogP contribution is -2.31. The molecule has 4 rings (SSSR count). The maximum Gasteiger partial charge on any atom is 0.333 e. The van der Waals surface area contributed by atoms with Gasteiger partial charge in [0.25, 0.3) is 0 Å². The third-order valence-corrected chi connectivity index (χ3v) is 13.4. The normalized spacial score (nSPS) is 25.0. The number of aliphatic hydroxyl groups excluding tert-OH is 2. The maximum absolute atomic E-state index is 12.1. The van der Waals surface area contributed by atoms with Crippen LogP contribution in [0.5, 0.6) is 5.75 Å². The van der Waals surface area contributed by atoms with E-state index >= 15 is 0 Å². The van der Waals surface area contributed by atoms with Crippen molar-refractivity contribution in [3.63, 3.8) is 0 Å². The van der Waals surface area contributed by atoms with Crippen LogP contribution in [0.4, 0.5) is 0 Å². The second-order valence-corrected chi connectivity index (χ2v) is 17.3. The molecular weight excluding hydrogens is 664 g/mol. The van der Waals surface area contributed by atoms with E-state index in [2.05, 4.69) is 32.2 Å². The molecule has 1 aromatic rings. The number of hydrogen-bond donors (Lipinski definition) is 2. The van der Waals surface area contributed by atoms with Crippen LogP contribution in [0.3, 0.4) is 0 Å². The Kier molecular flexibility index (Phi) is 17.4. The maximum atomic E-state index is 12.1. The molecular formula is C46H72O7. The topological polar surface area (TPSA) is 102 Å². The van der Waals surface area contributed by atoms with Crippen LogP contribution in [0.25, 0.3) is 0 Å². The molecule has 0 bridgehead atoms. The molecule has 1 aromatic carbocycles. The van der Waals surface area contributed by atoms with Crippen LogP contribution in [0.2, 0.25) is 0 Å². The Morgan fingerprint density at radius 2 is 1.11 bits per heavy atom. The Bertz CT molecular complexity index is 1260. The zero-order valence-corrected chi connectivity index (χ0v) is 33.7. The molecule has 298 valence electrons. The number of hydrogen-bond acceptors (Lipinski definition) is 7. The number of carbonyl (C=O) groups excluding carboxylic acids is 2. The molecule has 0 amide bonds. The van der Waals surface area contributed by atoms with Gasteiger partial charge in [0.1, 0.15) is 5.75 Å². The summed E-state index contributed by atoms with van der Waals surface area (Å²) in [7, 11) is 0. The molecule has 2 N–H and O–H groups in total. The van der Waals surface area contributed by atoms with E-state index in [1.54, 1.807) is 13.8 Å². The number of benzene rings is 1. The Hall–Kier alpha value is -2.64. The first-order chi connectivity index (χ1) is 25.5. The van der Waals surface area contributed by atoms with Crippen molar-refractivity contribution in [3.8, 4) is 5.75 Å². The highest BCUT2D eigenvalue weighted by molar-refractivity contribution is 5.87. The summed E-state index contributed by atoms with van der Waals surface area (Å²) in [4.78, 5) is 24.2. The zero-order chi connectivity index (χ0) is 38.4.